The molecule has 2 aromatic rings. The summed E-state index contributed by atoms with van der Waals surface area (Å²) in [5.74, 6) is -0.175. The topological polar surface area (TPSA) is 71.2 Å². The molecule has 20 heavy (non-hydrogen) atoms. The highest BCUT2D eigenvalue weighted by molar-refractivity contribution is 5.92. The normalized spacial score (nSPS) is 19.1. The predicted octanol–water partition coefficient (Wildman–Crippen LogP) is 0.864. The van der Waals surface area contributed by atoms with E-state index in [-0.39, 0.29) is 5.91 Å². The van der Waals surface area contributed by atoms with Crippen LogP contribution in [0.3, 0.4) is 0 Å². The Bertz CT molecular complexity index is 596. The van der Waals surface area contributed by atoms with Crippen molar-refractivity contribution in [2.75, 3.05) is 13.1 Å². The number of rotatable bonds is 2. The van der Waals surface area contributed by atoms with Gasteiger partial charge in [-0.15, -0.1) is 5.10 Å². The van der Waals surface area contributed by atoms with Gasteiger partial charge in [-0.1, -0.05) is 18.2 Å². The van der Waals surface area contributed by atoms with E-state index in [4.69, 9.17) is 0 Å². The van der Waals surface area contributed by atoms with Crippen molar-refractivity contribution in [1.82, 2.24) is 19.9 Å². The number of carbonyl (C=O) groups excluding carboxylic acids is 1. The monoisotopic (exact) mass is 272 g/mol. The Balaban J connectivity index is 1.78. The number of benzene rings is 1. The lowest BCUT2D eigenvalue weighted by atomic mass is 10.1. The first-order valence-corrected chi connectivity index (χ1v) is 6.69. The summed E-state index contributed by atoms with van der Waals surface area (Å²) in [5, 5.41) is 18.0. The summed E-state index contributed by atoms with van der Waals surface area (Å²) >= 11 is 0. The Morgan fingerprint density at radius 2 is 2.10 bits per heavy atom. The van der Waals surface area contributed by atoms with E-state index >= 15 is 0 Å². The molecule has 1 atom stereocenters. The van der Waals surface area contributed by atoms with Crippen LogP contribution in [0.15, 0.2) is 36.5 Å². The maximum atomic E-state index is 12.3. The summed E-state index contributed by atoms with van der Waals surface area (Å²) in [5.41, 5.74) is 1.12. The molecule has 104 valence electrons. The van der Waals surface area contributed by atoms with E-state index in [0.29, 0.717) is 18.8 Å². The van der Waals surface area contributed by atoms with Crippen LogP contribution in [0.1, 0.15) is 23.3 Å². The first-order valence-electron chi connectivity index (χ1n) is 6.69. The zero-order valence-corrected chi connectivity index (χ0v) is 11.0. The molecule has 1 aliphatic rings. The van der Waals surface area contributed by atoms with Gasteiger partial charge >= 0.3 is 0 Å². The number of hydrogen-bond acceptors (Lipinski definition) is 4. The molecule has 1 aromatic heterocycles. The van der Waals surface area contributed by atoms with Crippen LogP contribution >= 0.6 is 0 Å². The van der Waals surface area contributed by atoms with Crippen LogP contribution in [0.25, 0.3) is 5.69 Å². The molecule has 6 heteroatoms. The summed E-state index contributed by atoms with van der Waals surface area (Å²) in [6.45, 7) is 1.03. The molecule has 0 unspecified atom stereocenters. The molecule has 0 saturated carbocycles. The van der Waals surface area contributed by atoms with Crippen LogP contribution in [-0.4, -0.2) is 50.1 Å². The van der Waals surface area contributed by atoms with Crippen molar-refractivity contribution < 1.29 is 9.90 Å². The minimum Gasteiger partial charge on any atom is -0.391 e. The average Bonchev–Trinajstić information content (AvgIpc) is 2.97. The molecule has 0 aliphatic carbocycles. The number of β-amino-alcohol motifs (C(OH)–C–C–N with tert-alkyl or cyclic N) is 1. The van der Waals surface area contributed by atoms with Crippen LogP contribution in [0.2, 0.25) is 0 Å². The molecule has 1 amide bonds. The quantitative estimate of drug-likeness (QED) is 0.880. The highest BCUT2D eigenvalue weighted by Crippen LogP contribution is 2.13. The Morgan fingerprint density at radius 3 is 2.85 bits per heavy atom. The highest BCUT2D eigenvalue weighted by atomic mass is 16.3. The second-order valence-corrected chi connectivity index (χ2v) is 4.90. The summed E-state index contributed by atoms with van der Waals surface area (Å²) in [6.07, 6.45) is 2.60. The van der Waals surface area contributed by atoms with Gasteiger partial charge in [0.25, 0.3) is 5.91 Å². The third-order valence-electron chi connectivity index (χ3n) is 3.38. The lowest BCUT2D eigenvalue weighted by Crippen LogP contribution is -2.42. The third-order valence-corrected chi connectivity index (χ3v) is 3.38. The van der Waals surface area contributed by atoms with Gasteiger partial charge in [-0.3, -0.25) is 4.79 Å². The number of aliphatic hydroxyl groups is 1. The number of aromatic nitrogens is 3. The Labute approximate surface area is 116 Å². The molecule has 1 saturated heterocycles. The second-order valence-electron chi connectivity index (χ2n) is 4.90. The van der Waals surface area contributed by atoms with Crippen LogP contribution in [0.5, 0.6) is 0 Å². The van der Waals surface area contributed by atoms with Crippen molar-refractivity contribution in [3.05, 3.63) is 42.2 Å². The Kier molecular flexibility index (Phi) is 3.47. The lowest BCUT2D eigenvalue weighted by molar-refractivity contribution is 0.0468. The maximum Gasteiger partial charge on any atom is 0.276 e. The standard InChI is InChI=1S/C14H16N4O2/c19-12-7-4-8-17(10-12)14(20)13-9-15-18(16-13)11-5-2-1-3-6-11/h1-3,5-6,9,12,19H,4,7-8,10H2/t12-/m0/s1. The fourth-order valence-corrected chi connectivity index (χ4v) is 2.35. The molecule has 1 N–H and O–H groups in total. The average molecular weight is 272 g/mol. The highest BCUT2D eigenvalue weighted by Gasteiger charge is 2.24. The SMILES string of the molecule is O=C(c1cnn(-c2ccccc2)n1)N1CCC[C@H](O)C1. The summed E-state index contributed by atoms with van der Waals surface area (Å²) in [7, 11) is 0. The number of para-hydroxylation sites is 1. The number of aliphatic hydroxyl groups excluding tert-OH is 1. The maximum absolute atomic E-state index is 12.3. The fourth-order valence-electron chi connectivity index (χ4n) is 2.35. The van der Waals surface area contributed by atoms with Gasteiger partial charge in [-0.2, -0.15) is 9.90 Å². The minimum absolute atomic E-state index is 0.175. The zero-order chi connectivity index (χ0) is 13.9. The number of nitrogens with zero attached hydrogens (tertiary/aromatic N) is 4. The molecule has 2 heterocycles. The van der Waals surface area contributed by atoms with E-state index in [1.54, 1.807) is 4.90 Å². The Morgan fingerprint density at radius 1 is 1.30 bits per heavy atom. The van der Waals surface area contributed by atoms with E-state index in [1.807, 2.05) is 30.3 Å². The second kappa shape index (κ2) is 5.42. The van der Waals surface area contributed by atoms with Gasteiger partial charge in [0.15, 0.2) is 5.69 Å². The number of likely N-dealkylation sites (tertiary alicyclic amines) is 1. The van der Waals surface area contributed by atoms with Gasteiger partial charge in [0.05, 0.1) is 18.0 Å². The molecular weight excluding hydrogens is 256 g/mol. The van der Waals surface area contributed by atoms with Crippen molar-refractivity contribution in [2.24, 2.45) is 0 Å². The molecule has 0 radical (unpaired) electrons. The number of amides is 1. The predicted molar refractivity (Wildman–Crippen MR) is 72.5 cm³/mol. The van der Waals surface area contributed by atoms with Gasteiger partial charge in [0, 0.05) is 13.1 Å². The largest absolute Gasteiger partial charge is 0.391 e. The van der Waals surface area contributed by atoms with Crippen molar-refractivity contribution in [3.63, 3.8) is 0 Å². The van der Waals surface area contributed by atoms with Crippen LogP contribution < -0.4 is 0 Å². The molecule has 1 aliphatic heterocycles. The van der Waals surface area contributed by atoms with E-state index in [2.05, 4.69) is 10.2 Å². The van der Waals surface area contributed by atoms with Crippen molar-refractivity contribution in [2.45, 2.75) is 18.9 Å². The van der Waals surface area contributed by atoms with E-state index < -0.39 is 6.10 Å². The fraction of sp³-hybridized carbons (Fsp3) is 0.357. The first kappa shape index (κ1) is 12.8. The molecule has 0 bridgehead atoms. The van der Waals surface area contributed by atoms with Crippen molar-refractivity contribution in [3.8, 4) is 5.69 Å². The van der Waals surface area contributed by atoms with Gasteiger partial charge in [-0.05, 0) is 25.0 Å². The number of carbonyl (C=O) groups is 1. The zero-order valence-electron chi connectivity index (χ0n) is 11.0. The van der Waals surface area contributed by atoms with E-state index in [9.17, 15) is 9.90 Å². The summed E-state index contributed by atoms with van der Waals surface area (Å²) in [6, 6.07) is 9.44. The third kappa shape index (κ3) is 2.55. The number of hydrogen-bond donors (Lipinski definition) is 1. The summed E-state index contributed by atoms with van der Waals surface area (Å²) < 4.78 is 0. The molecule has 1 aromatic carbocycles. The van der Waals surface area contributed by atoms with Crippen molar-refractivity contribution in [1.29, 1.82) is 0 Å². The summed E-state index contributed by atoms with van der Waals surface area (Å²) in [4.78, 5) is 15.4. The Hall–Kier alpha value is -2.21. The van der Waals surface area contributed by atoms with Gasteiger partial charge < -0.3 is 10.0 Å². The molecular formula is C14H16N4O2. The van der Waals surface area contributed by atoms with Gasteiger partial charge in [0.1, 0.15) is 0 Å². The molecule has 6 nitrogen and oxygen atoms in total. The number of piperidine rings is 1. The first-order chi connectivity index (χ1) is 9.74. The van der Waals surface area contributed by atoms with Crippen LogP contribution in [-0.2, 0) is 0 Å². The van der Waals surface area contributed by atoms with Crippen LogP contribution in [0.4, 0.5) is 0 Å². The van der Waals surface area contributed by atoms with E-state index in [0.717, 1.165) is 18.5 Å². The minimum atomic E-state index is -0.433. The molecule has 3 rings (SSSR count). The smallest absolute Gasteiger partial charge is 0.276 e. The van der Waals surface area contributed by atoms with E-state index in [1.165, 1.54) is 11.0 Å². The van der Waals surface area contributed by atoms with Crippen LogP contribution in [0, 0.1) is 0 Å². The van der Waals surface area contributed by atoms with Gasteiger partial charge in [0.2, 0.25) is 0 Å². The lowest BCUT2D eigenvalue weighted by Gasteiger charge is -2.29. The molecule has 0 spiro atoms. The van der Waals surface area contributed by atoms with Crippen molar-refractivity contribution >= 4 is 5.91 Å². The van der Waals surface area contributed by atoms with Gasteiger partial charge in [-0.25, -0.2) is 0 Å². The molecule has 1 fully saturated rings.